The predicted octanol–water partition coefficient (Wildman–Crippen LogP) is 0.168. The van der Waals surface area contributed by atoms with E-state index in [-0.39, 0.29) is 172 Å². The number of aromatic nitrogens is 9. The summed E-state index contributed by atoms with van der Waals surface area (Å²) in [6, 6.07) is 0. The molecule has 1 aliphatic heterocycles. The van der Waals surface area contributed by atoms with Crippen LogP contribution < -0.4 is 66.9 Å². The van der Waals surface area contributed by atoms with Crippen LogP contribution in [0, 0.1) is 0 Å². The predicted molar refractivity (Wildman–Crippen MR) is 391 cm³/mol. The van der Waals surface area contributed by atoms with Crippen molar-refractivity contribution in [2.24, 2.45) is 23.2 Å². The Morgan fingerprint density at radius 3 is 1.26 bits per heavy atom. The molecule has 4 aromatic rings. The van der Waals surface area contributed by atoms with E-state index in [2.05, 4.69) is 67.5 Å². The van der Waals surface area contributed by atoms with E-state index in [4.69, 9.17) is 68.8 Å². The maximum absolute atomic E-state index is 14.0. The molecule has 0 spiro atoms. The molecular weight excluding hydrogens is 1410 g/mol. The number of nitrogen functional groups attached to an aromatic ring is 3. The fraction of sp³-hybridized carbons (Fsp3) is 0.672. The maximum atomic E-state index is 14.0. The van der Waals surface area contributed by atoms with Crippen molar-refractivity contribution >= 4 is 90.8 Å². The summed E-state index contributed by atoms with van der Waals surface area (Å²) in [7, 11) is 0. The van der Waals surface area contributed by atoms with Gasteiger partial charge >= 0.3 is 0 Å². The van der Waals surface area contributed by atoms with E-state index in [1.807, 2.05) is 6.20 Å². The average Bonchev–Trinajstić information content (AvgIpc) is 1.66. The molecule has 5 heterocycles. The first-order chi connectivity index (χ1) is 50.3. The van der Waals surface area contributed by atoms with E-state index in [9.17, 15) is 33.6 Å². The van der Waals surface area contributed by atoms with Crippen molar-refractivity contribution in [2.75, 3.05) is 142 Å². The second kappa shape index (κ2) is 51.9. The summed E-state index contributed by atoms with van der Waals surface area (Å²) in [5.41, 5.74) is 30.1. The minimum Gasteiger partial charge on any atom is -0.401 e. The molecule has 5 rings (SSSR count). The number of aryl methyl sites for hydroxylation is 4. The van der Waals surface area contributed by atoms with E-state index in [0.29, 0.717) is 131 Å². The Bertz CT molecular complexity index is 3120. The SMILES string of the molecule is N/C(=C\N(N)CCOCCOCCNC(=O)CCC(CCC(=O)NCCOCCOCCN(N)/C=C(\N)CCc1nnc(N)s1)(CCC(=O)NCCOCCOCCn1cc(CCc2nnc(N)s2)nn1)NC(=O)CCCCCCCCCCC(=O)NCCN1C(=O)C=CC1=O)CCc1nnc(N)s1. The number of rotatable bonds is 62. The molecule has 0 saturated carbocycles. The number of anilines is 3. The van der Waals surface area contributed by atoms with Gasteiger partial charge in [-0.15, -0.1) is 35.7 Å². The third-order valence-corrected chi connectivity index (χ3v) is 18.3. The van der Waals surface area contributed by atoms with Gasteiger partial charge in [0.05, 0.1) is 105 Å². The van der Waals surface area contributed by atoms with Gasteiger partial charge in [-0.2, -0.15) is 0 Å². The number of nitrogens with two attached hydrogens (primary N) is 7. The average molecular weight is 1520 g/mol. The minimum absolute atomic E-state index is 0.0303. The summed E-state index contributed by atoms with van der Waals surface area (Å²) in [4.78, 5) is 91.7. The molecule has 0 bridgehead atoms. The summed E-state index contributed by atoms with van der Waals surface area (Å²) in [6.45, 7) is 5.48. The lowest BCUT2D eigenvalue weighted by Crippen LogP contribution is -2.50. The first-order valence-electron chi connectivity index (χ1n) is 35.3. The number of ether oxygens (including phenoxy) is 6. The number of allylic oxidation sites excluding steroid dienone is 2. The van der Waals surface area contributed by atoms with Gasteiger partial charge in [0, 0.05) is 132 Å². The lowest BCUT2D eigenvalue weighted by Gasteiger charge is -2.35. The van der Waals surface area contributed by atoms with E-state index in [0.717, 1.165) is 64.1 Å². The fourth-order valence-corrected chi connectivity index (χ4v) is 12.1. The fourth-order valence-electron chi connectivity index (χ4n) is 10.3. The highest BCUT2D eigenvalue weighted by molar-refractivity contribution is 7.15. The zero-order valence-corrected chi connectivity index (χ0v) is 62.0. The van der Waals surface area contributed by atoms with E-state index < -0.39 is 5.54 Å². The van der Waals surface area contributed by atoms with Crippen molar-refractivity contribution in [1.29, 1.82) is 0 Å². The first kappa shape index (κ1) is 86.5. The molecular formula is C64H108N24O13S3. The van der Waals surface area contributed by atoms with Crippen LogP contribution in [-0.2, 0) is 94.2 Å². The van der Waals surface area contributed by atoms with Crippen LogP contribution in [0.25, 0.3) is 0 Å². The molecule has 0 radical (unpaired) electrons. The number of nitrogens with zero attached hydrogens (tertiary/aromatic N) is 12. The van der Waals surface area contributed by atoms with E-state index in [1.165, 1.54) is 56.2 Å². The van der Waals surface area contributed by atoms with Gasteiger partial charge in [-0.05, 0) is 51.4 Å². The minimum atomic E-state index is -1.15. The number of hydrazine groups is 2. The van der Waals surface area contributed by atoms with Gasteiger partial charge in [-0.25, -0.2) is 16.4 Å². The Hall–Kier alpha value is -8.19. The highest BCUT2D eigenvalue weighted by atomic mass is 32.1. The molecule has 40 heteroatoms. The van der Waals surface area contributed by atoms with Crippen molar-refractivity contribution in [3.05, 3.63) is 62.9 Å². The molecule has 104 heavy (non-hydrogen) atoms. The maximum Gasteiger partial charge on any atom is 0.253 e. The molecule has 0 atom stereocenters. The summed E-state index contributed by atoms with van der Waals surface area (Å²) in [6.07, 6.45) is 18.6. The van der Waals surface area contributed by atoms with Crippen LogP contribution in [0.2, 0.25) is 0 Å². The van der Waals surface area contributed by atoms with Crippen LogP contribution >= 0.6 is 34.0 Å². The smallest absolute Gasteiger partial charge is 0.253 e. The van der Waals surface area contributed by atoms with E-state index in [1.54, 1.807) is 17.1 Å². The monoisotopic (exact) mass is 1520 g/mol. The molecule has 580 valence electrons. The topological polar surface area (TPSA) is 535 Å². The van der Waals surface area contributed by atoms with Crippen LogP contribution in [-0.4, -0.2) is 232 Å². The number of imide groups is 1. The number of nitrogens with one attached hydrogen (secondary N) is 5. The van der Waals surface area contributed by atoms with Crippen LogP contribution in [0.4, 0.5) is 15.4 Å². The Labute approximate surface area is 618 Å². The summed E-state index contributed by atoms with van der Waals surface area (Å²) in [5.74, 6) is 10.1. The molecule has 0 unspecified atom stereocenters. The van der Waals surface area contributed by atoms with Crippen molar-refractivity contribution < 1.29 is 62.0 Å². The second-order valence-corrected chi connectivity index (χ2v) is 27.6. The number of unbranched alkanes of at least 4 members (excludes halogenated alkanes) is 7. The van der Waals surface area contributed by atoms with Crippen LogP contribution in [0.1, 0.15) is 136 Å². The quantitative estimate of drug-likeness (QED) is 0.0121. The normalized spacial score (nSPS) is 12.5. The zero-order valence-electron chi connectivity index (χ0n) is 59.5. The van der Waals surface area contributed by atoms with Gasteiger partial charge in [0.2, 0.25) is 44.9 Å². The summed E-state index contributed by atoms with van der Waals surface area (Å²) >= 11 is 3.96. The number of amides is 7. The molecule has 4 aromatic heterocycles. The molecule has 1 aliphatic rings. The molecule has 19 N–H and O–H groups in total. The van der Waals surface area contributed by atoms with Crippen LogP contribution in [0.15, 0.2) is 42.1 Å². The van der Waals surface area contributed by atoms with Crippen molar-refractivity contribution in [3.8, 4) is 0 Å². The Balaban J connectivity index is 1.07. The number of hydrogen-bond donors (Lipinski definition) is 12. The third kappa shape index (κ3) is 40.2. The highest BCUT2D eigenvalue weighted by Gasteiger charge is 2.34. The third-order valence-electron chi connectivity index (χ3n) is 15.8. The van der Waals surface area contributed by atoms with E-state index >= 15 is 0 Å². The lowest BCUT2D eigenvalue weighted by atomic mass is 9.82. The first-order valence-corrected chi connectivity index (χ1v) is 37.7. The lowest BCUT2D eigenvalue weighted by molar-refractivity contribution is -0.137. The zero-order chi connectivity index (χ0) is 74.8. The van der Waals surface area contributed by atoms with Crippen molar-refractivity contribution in [1.82, 2.24) is 87.1 Å². The number of carbonyl (C=O) groups excluding carboxylic acids is 7. The van der Waals surface area contributed by atoms with Crippen LogP contribution in [0.3, 0.4) is 0 Å². The second-order valence-electron chi connectivity index (χ2n) is 24.4. The van der Waals surface area contributed by atoms with Crippen molar-refractivity contribution in [2.45, 2.75) is 153 Å². The molecule has 0 fully saturated rings. The van der Waals surface area contributed by atoms with Gasteiger partial charge in [0.25, 0.3) is 11.8 Å². The summed E-state index contributed by atoms with van der Waals surface area (Å²) in [5, 5.41) is 53.0. The molecule has 37 nitrogen and oxygen atoms in total. The Morgan fingerprint density at radius 2 is 0.827 bits per heavy atom. The van der Waals surface area contributed by atoms with Gasteiger partial charge in [0.15, 0.2) is 0 Å². The van der Waals surface area contributed by atoms with Gasteiger partial charge in [-0.1, -0.05) is 77.7 Å². The Morgan fingerprint density at radius 1 is 0.442 bits per heavy atom. The van der Waals surface area contributed by atoms with Crippen molar-refractivity contribution in [3.63, 3.8) is 0 Å². The largest absolute Gasteiger partial charge is 0.401 e. The molecule has 0 aromatic carbocycles. The van der Waals surface area contributed by atoms with Crippen LogP contribution in [0.5, 0.6) is 0 Å². The Kier molecular flexibility index (Phi) is 43.1. The number of hydrogen-bond acceptors (Lipinski definition) is 33. The summed E-state index contributed by atoms with van der Waals surface area (Å²) < 4.78 is 36.0. The molecule has 0 aliphatic carbocycles. The molecule has 0 saturated heterocycles. The van der Waals surface area contributed by atoms with Gasteiger partial charge in [0.1, 0.15) is 15.0 Å². The van der Waals surface area contributed by atoms with Gasteiger partial charge in [-0.3, -0.25) is 38.5 Å². The number of carbonyl (C=O) groups is 7. The molecule has 7 amide bonds. The highest BCUT2D eigenvalue weighted by Crippen LogP contribution is 2.27. The standard InChI is InChI=1S/C64H108N24O13S3/c65-48(11-14-56-78-81-61(67)102-56)45-85(70)30-36-99-42-39-96-33-26-73-52(90)19-22-64(76-55(93)10-8-6-4-2-1-3-5-7-9-51(89)72-25-29-88-59(94)17-18-60(88)95,23-20-53(91)74-27-34-97-40-43-100-37-31-86(71)46-49(66)12-15-57-79-82-62(68)103-57)24-21-54(92)75-28-35-98-41-44-101-38-32-87-47-50(77-84-87)13-16-58-80-83-63(69)104-58/h17-18,45-47H,1-16,19-44,65-66,70-71H2,(H2,67,81)(H2,68,82)(H2,69,83)(H,72,89)(H,73,90)(H,74,91)(H,75,92)(H,76,93)/b48-45-,49-46-. The van der Waals surface area contributed by atoms with Gasteiger partial charge < -0.3 is 93.7 Å².